The topological polar surface area (TPSA) is 84.7 Å². The number of hydrogen-bond donors (Lipinski definition) is 2. The molecule has 1 amide bonds. The second kappa shape index (κ2) is 8.70. The Kier molecular flexibility index (Phi) is 5.65. The molecule has 0 atom stereocenters. The lowest BCUT2D eigenvalue weighted by atomic mass is 10.1. The maximum atomic E-state index is 13.7. The number of carbonyl (C=O) groups excluding carboxylic acids is 1. The standard InChI is InChI=1S/C22H18F2N6O/c1-14-26-20(12-21(27-14)30-9-8-25-13-30)28-17-4-6-18(7-5-17)29-22(31)10-15-2-3-16(23)11-19(15)24/h2-9,11-13H,10H2,1H3,(H,29,31)(H,26,27,28). The molecule has 2 heterocycles. The van der Waals surface area contributed by atoms with Gasteiger partial charge in [-0.2, -0.15) is 0 Å². The second-order valence-corrected chi connectivity index (χ2v) is 6.79. The highest BCUT2D eigenvalue weighted by atomic mass is 19.1. The Morgan fingerprint density at radius 1 is 1.03 bits per heavy atom. The number of nitrogens with one attached hydrogen (secondary N) is 2. The number of carbonyl (C=O) groups is 1. The summed E-state index contributed by atoms with van der Waals surface area (Å²) in [6.45, 7) is 1.80. The van der Waals surface area contributed by atoms with Gasteiger partial charge in [-0.15, -0.1) is 0 Å². The smallest absolute Gasteiger partial charge is 0.228 e. The van der Waals surface area contributed by atoms with Crippen LogP contribution in [0.25, 0.3) is 5.82 Å². The molecule has 156 valence electrons. The van der Waals surface area contributed by atoms with Gasteiger partial charge in [0.05, 0.1) is 6.42 Å². The summed E-state index contributed by atoms with van der Waals surface area (Å²) in [4.78, 5) is 25.0. The van der Waals surface area contributed by atoms with Gasteiger partial charge >= 0.3 is 0 Å². The van der Waals surface area contributed by atoms with Gasteiger partial charge in [0, 0.05) is 35.9 Å². The summed E-state index contributed by atoms with van der Waals surface area (Å²) in [7, 11) is 0. The van der Waals surface area contributed by atoms with Crippen LogP contribution in [-0.2, 0) is 11.2 Å². The van der Waals surface area contributed by atoms with Crippen molar-refractivity contribution in [3.05, 3.63) is 90.3 Å². The number of aromatic nitrogens is 4. The van der Waals surface area contributed by atoms with Crippen molar-refractivity contribution in [2.24, 2.45) is 0 Å². The first-order chi connectivity index (χ1) is 15.0. The van der Waals surface area contributed by atoms with E-state index in [1.807, 2.05) is 0 Å². The Labute approximate surface area is 176 Å². The van der Waals surface area contributed by atoms with Gasteiger partial charge in [0.2, 0.25) is 5.91 Å². The van der Waals surface area contributed by atoms with Crippen LogP contribution < -0.4 is 10.6 Å². The second-order valence-electron chi connectivity index (χ2n) is 6.79. The summed E-state index contributed by atoms with van der Waals surface area (Å²) < 4.78 is 28.5. The van der Waals surface area contributed by atoms with E-state index in [0.29, 0.717) is 23.1 Å². The Hall–Kier alpha value is -4.14. The van der Waals surface area contributed by atoms with Crippen LogP contribution in [0.15, 0.2) is 67.3 Å². The predicted octanol–water partition coefficient (Wildman–Crippen LogP) is 4.17. The monoisotopic (exact) mass is 420 g/mol. The van der Waals surface area contributed by atoms with E-state index in [4.69, 9.17) is 0 Å². The van der Waals surface area contributed by atoms with Crippen LogP contribution in [0.1, 0.15) is 11.4 Å². The van der Waals surface area contributed by atoms with E-state index in [9.17, 15) is 13.6 Å². The lowest BCUT2D eigenvalue weighted by Crippen LogP contribution is -2.15. The van der Waals surface area contributed by atoms with Crippen molar-refractivity contribution in [1.82, 2.24) is 19.5 Å². The van der Waals surface area contributed by atoms with Crippen LogP contribution in [-0.4, -0.2) is 25.4 Å². The Bertz CT molecular complexity index is 1210. The van der Waals surface area contributed by atoms with E-state index in [1.165, 1.54) is 6.07 Å². The lowest BCUT2D eigenvalue weighted by Gasteiger charge is -2.10. The summed E-state index contributed by atoms with van der Waals surface area (Å²) >= 11 is 0. The van der Waals surface area contributed by atoms with E-state index in [2.05, 4.69) is 25.6 Å². The molecule has 0 aliphatic rings. The lowest BCUT2D eigenvalue weighted by molar-refractivity contribution is -0.115. The molecule has 4 aromatic rings. The van der Waals surface area contributed by atoms with E-state index in [1.54, 1.807) is 60.5 Å². The van der Waals surface area contributed by atoms with Crippen molar-refractivity contribution in [2.75, 3.05) is 10.6 Å². The SMILES string of the molecule is Cc1nc(Nc2ccc(NC(=O)Cc3ccc(F)cc3F)cc2)cc(-n2ccnc2)n1. The quantitative estimate of drug-likeness (QED) is 0.489. The highest BCUT2D eigenvalue weighted by Gasteiger charge is 2.10. The van der Waals surface area contributed by atoms with Crippen molar-refractivity contribution in [1.29, 1.82) is 0 Å². The molecule has 0 aliphatic carbocycles. The summed E-state index contributed by atoms with van der Waals surface area (Å²) in [5.41, 5.74) is 1.44. The number of hydrogen-bond acceptors (Lipinski definition) is 5. The van der Waals surface area contributed by atoms with Crippen molar-refractivity contribution >= 4 is 23.1 Å². The summed E-state index contributed by atoms with van der Waals surface area (Å²) in [5, 5.41) is 5.89. The van der Waals surface area contributed by atoms with E-state index >= 15 is 0 Å². The largest absolute Gasteiger partial charge is 0.340 e. The number of amides is 1. The molecule has 2 N–H and O–H groups in total. The third-order valence-electron chi connectivity index (χ3n) is 4.40. The third kappa shape index (κ3) is 5.08. The Balaban J connectivity index is 1.41. The fourth-order valence-corrected chi connectivity index (χ4v) is 2.97. The van der Waals surface area contributed by atoms with Gasteiger partial charge < -0.3 is 10.6 Å². The summed E-state index contributed by atoms with van der Waals surface area (Å²) in [6, 6.07) is 11.9. The molecule has 0 radical (unpaired) electrons. The minimum atomic E-state index is -0.745. The number of aryl methyl sites for hydroxylation is 1. The van der Waals surface area contributed by atoms with E-state index in [0.717, 1.165) is 17.8 Å². The molecule has 4 rings (SSSR count). The van der Waals surface area contributed by atoms with E-state index in [-0.39, 0.29) is 12.0 Å². The molecule has 0 saturated heterocycles. The summed E-state index contributed by atoms with van der Waals surface area (Å²) in [6.07, 6.45) is 4.92. The molecule has 0 unspecified atom stereocenters. The van der Waals surface area contributed by atoms with Gasteiger partial charge in [-0.05, 0) is 42.8 Å². The van der Waals surface area contributed by atoms with Crippen molar-refractivity contribution in [3.63, 3.8) is 0 Å². The maximum absolute atomic E-state index is 13.7. The van der Waals surface area contributed by atoms with Gasteiger partial charge in [-0.25, -0.2) is 23.7 Å². The molecule has 2 aromatic carbocycles. The number of anilines is 3. The molecule has 2 aromatic heterocycles. The molecule has 0 spiro atoms. The zero-order valence-corrected chi connectivity index (χ0v) is 16.5. The van der Waals surface area contributed by atoms with Crippen LogP contribution in [0.4, 0.5) is 26.0 Å². The fourth-order valence-electron chi connectivity index (χ4n) is 2.97. The molecule has 0 bridgehead atoms. The normalized spacial score (nSPS) is 10.7. The number of benzene rings is 2. The fraction of sp³-hybridized carbons (Fsp3) is 0.0909. The van der Waals surface area contributed by atoms with Crippen LogP contribution in [0.3, 0.4) is 0 Å². The first kappa shape index (κ1) is 20.1. The van der Waals surface area contributed by atoms with E-state index < -0.39 is 17.5 Å². The molecule has 0 aliphatic heterocycles. The third-order valence-corrected chi connectivity index (χ3v) is 4.40. The van der Waals surface area contributed by atoms with Crippen LogP contribution in [0.2, 0.25) is 0 Å². The highest BCUT2D eigenvalue weighted by Crippen LogP contribution is 2.20. The first-order valence-corrected chi connectivity index (χ1v) is 9.41. The Morgan fingerprint density at radius 2 is 1.81 bits per heavy atom. The van der Waals surface area contributed by atoms with Crippen molar-refractivity contribution < 1.29 is 13.6 Å². The molecule has 0 fully saturated rings. The number of halogens is 2. The van der Waals surface area contributed by atoms with Crippen molar-refractivity contribution in [3.8, 4) is 5.82 Å². The number of rotatable bonds is 6. The predicted molar refractivity (Wildman–Crippen MR) is 112 cm³/mol. The number of nitrogens with zero attached hydrogens (tertiary/aromatic N) is 4. The first-order valence-electron chi connectivity index (χ1n) is 9.41. The summed E-state index contributed by atoms with van der Waals surface area (Å²) in [5.74, 6) is 0.0723. The van der Waals surface area contributed by atoms with Crippen LogP contribution in [0.5, 0.6) is 0 Å². The van der Waals surface area contributed by atoms with Crippen LogP contribution >= 0.6 is 0 Å². The minimum absolute atomic E-state index is 0.130. The average Bonchev–Trinajstić information content (AvgIpc) is 3.26. The molecular formula is C22H18F2N6O. The van der Waals surface area contributed by atoms with Crippen molar-refractivity contribution in [2.45, 2.75) is 13.3 Å². The minimum Gasteiger partial charge on any atom is -0.340 e. The zero-order chi connectivity index (χ0) is 21.8. The number of imidazole rings is 1. The molecule has 9 heteroatoms. The van der Waals surface area contributed by atoms with Gasteiger partial charge in [-0.1, -0.05) is 6.07 Å². The maximum Gasteiger partial charge on any atom is 0.228 e. The highest BCUT2D eigenvalue weighted by molar-refractivity contribution is 5.92. The van der Waals surface area contributed by atoms with Crippen LogP contribution in [0, 0.1) is 18.6 Å². The molecule has 31 heavy (non-hydrogen) atoms. The van der Waals surface area contributed by atoms with Gasteiger partial charge in [0.1, 0.15) is 35.4 Å². The molecular weight excluding hydrogens is 402 g/mol. The average molecular weight is 420 g/mol. The Morgan fingerprint density at radius 3 is 2.52 bits per heavy atom. The zero-order valence-electron chi connectivity index (χ0n) is 16.5. The molecule has 7 nitrogen and oxygen atoms in total. The van der Waals surface area contributed by atoms with Gasteiger partial charge in [0.25, 0.3) is 0 Å². The molecule has 0 saturated carbocycles. The van der Waals surface area contributed by atoms with Gasteiger partial charge in [-0.3, -0.25) is 9.36 Å². The van der Waals surface area contributed by atoms with Gasteiger partial charge in [0.15, 0.2) is 0 Å².